The maximum Gasteiger partial charge on any atom is 0.254 e. The van der Waals surface area contributed by atoms with Gasteiger partial charge in [0.05, 0.1) is 32.3 Å². The van der Waals surface area contributed by atoms with E-state index in [9.17, 15) is 9.59 Å². The molecule has 2 atom stereocenters. The molecule has 22 heavy (non-hydrogen) atoms. The first-order chi connectivity index (χ1) is 10.8. The van der Waals surface area contributed by atoms with Gasteiger partial charge in [0.2, 0.25) is 5.91 Å². The molecule has 6 nitrogen and oxygen atoms in total. The second-order valence-electron chi connectivity index (χ2n) is 5.45. The van der Waals surface area contributed by atoms with Gasteiger partial charge in [-0.25, -0.2) is 0 Å². The maximum absolute atomic E-state index is 12.8. The summed E-state index contributed by atoms with van der Waals surface area (Å²) in [5.41, 5.74) is 0.963. The van der Waals surface area contributed by atoms with Crippen LogP contribution in [0.3, 0.4) is 0 Å². The second-order valence-corrected chi connectivity index (χ2v) is 5.45. The molecule has 2 heterocycles. The summed E-state index contributed by atoms with van der Waals surface area (Å²) in [7, 11) is 0. The van der Waals surface area contributed by atoms with Gasteiger partial charge >= 0.3 is 0 Å². The zero-order valence-electron chi connectivity index (χ0n) is 12.4. The Kier molecular flexibility index (Phi) is 4.70. The van der Waals surface area contributed by atoms with E-state index in [0.29, 0.717) is 26.3 Å². The normalized spacial score (nSPS) is 26.2. The number of carbonyl (C=O) groups excluding carboxylic acids is 2. The Labute approximate surface area is 129 Å². The van der Waals surface area contributed by atoms with Crippen LogP contribution in [0.4, 0.5) is 0 Å². The molecule has 0 bridgehead atoms. The van der Waals surface area contributed by atoms with Crippen molar-refractivity contribution in [2.45, 2.75) is 18.6 Å². The molecule has 0 aliphatic carbocycles. The first kappa shape index (κ1) is 15.0. The van der Waals surface area contributed by atoms with Gasteiger partial charge in [-0.3, -0.25) is 9.59 Å². The van der Waals surface area contributed by atoms with Crippen LogP contribution in [-0.4, -0.2) is 55.7 Å². The first-order valence-corrected chi connectivity index (χ1v) is 7.57. The minimum Gasteiger partial charge on any atom is -0.376 e. The van der Waals surface area contributed by atoms with Crippen LogP contribution in [0.2, 0.25) is 0 Å². The van der Waals surface area contributed by atoms with Crippen molar-refractivity contribution in [1.82, 2.24) is 10.2 Å². The van der Waals surface area contributed by atoms with Gasteiger partial charge in [-0.05, 0) is 5.56 Å². The number of hydrogen-bond donors (Lipinski definition) is 1. The van der Waals surface area contributed by atoms with Gasteiger partial charge in [0, 0.05) is 13.1 Å². The molecular formula is C16H20N2O4. The standard InChI is InChI=1S/C16H20N2O4/c19-15-10-13(12-4-2-1-3-5-12)18(7-6-17-15)16(20)14-11-21-8-9-22-14/h1-5,13-14H,6-11H2,(H,17,19). The Hall–Kier alpha value is -1.92. The average Bonchev–Trinajstić information content (AvgIpc) is 2.77. The quantitative estimate of drug-likeness (QED) is 0.863. The lowest BCUT2D eigenvalue weighted by Crippen LogP contribution is -2.47. The van der Waals surface area contributed by atoms with Gasteiger partial charge in [0.25, 0.3) is 5.91 Å². The molecule has 2 fully saturated rings. The first-order valence-electron chi connectivity index (χ1n) is 7.57. The van der Waals surface area contributed by atoms with Crippen molar-refractivity contribution in [3.05, 3.63) is 35.9 Å². The largest absolute Gasteiger partial charge is 0.376 e. The number of hydrogen-bond acceptors (Lipinski definition) is 4. The Morgan fingerprint density at radius 2 is 2.05 bits per heavy atom. The monoisotopic (exact) mass is 304 g/mol. The summed E-state index contributed by atoms with van der Waals surface area (Å²) in [5.74, 6) is -0.144. The molecule has 2 unspecified atom stereocenters. The van der Waals surface area contributed by atoms with E-state index in [0.717, 1.165) is 5.56 Å². The minimum atomic E-state index is -0.576. The molecule has 0 aromatic heterocycles. The molecule has 2 aliphatic heterocycles. The predicted molar refractivity (Wildman–Crippen MR) is 79.1 cm³/mol. The van der Waals surface area contributed by atoms with E-state index in [2.05, 4.69) is 5.32 Å². The van der Waals surface area contributed by atoms with Gasteiger partial charge in [-0.2, -0.15) is 0 Å². The molecule has 0 radical (unpaired) electrons. The zero-order chi connectivity index (χ0) is 15.4. The van der Waals surface area contributed by atoms with E-state index in [1.807, 2.05) is 30.3 Å². The summed E-state index contributed by atoms with van der Waals surface area (Å²) < 4.78 is 10.9. The molecule has 0 saturated carbocycles. The third-order valence-corrected chi connectivity index (χ3v) is 3.99. The third kappa shape index (κ3) is 3.28. The topological polar surface area (TPSA) is 67.9 Å². The van der Waals surface area contributed by atoms with Crippen molar-refractivity contribution in [2.75, 3.05) is 32.9 Å². The molecule has 2 saturated heterocycles. The van der Waals surface area contributed by atoms with Crippen molar-refractivity contribution in [1.29, 1.82) is 0 Å². The van der Waals surface area contributed by atoms with E-state index >= 15 is 0 Å². The van der Waals surface area contributed by atoms with E-state index in [1.54, 1.807) is 4.90 Å². The third-order valence-electron chi connectivity index (χ3n) is 3.99. The summed E-state index contributed by atoms with van der Waals surface area (Å²) in [6.07, 6.45) is -0.309. The Bertz CT molecular complexity index is 528. The molecule has 6 heteroatoms. The Balaban J connectivity index is 1.84. The van der Waals surface area contributed by atoms with Crippen molar-refractivity contribution < 1.29 is 19.1 Å². The average molecular weight is 304 g/mol. The summed E-state index contributed by atoms with van der Waals surface area (Å²) in [4.78, 5) is 26.4. The highest BCUT2D eigenvalue weighted by Crippen LogP contribution is 2.27. The van der Waals surface area contributed by atoms with Crippen LogP contribution in [-0.2, 0) is 19.1 Å². The molecule has 1 aromatic carbocycles. The van der Waals surface area contributed by atoms with Gasteiger partial charge < -0.3 is 19.7 Å². The van der Waals surface area contributed by atoms with Crippen LogP contribution >= 0.6 is 0 Å². The van der Waals surface area contributed by atoms with Crippen LogP contribution in [0.15, 0.2) is 30.3 Å². The second kappa shape index (κ2) is 6.89. The predicted octanol–water partition coefficient (Wildman–Crippen LogP) is 0.492. The number of ether oxygens (including phenoxy) is 2. The zero-order valence-corrected chi connectivity index (χ0v) is 12.4. The molecule has 3 rings (SSSR count). The number of nitrogens with zero attached hydrogens (tertiary/aromatic N) is 1. The lowest BCUT2D eigenvalue weighted by atomic mass is 10.0. The molecule has 118 valence electrons. The maximum atomic E-state index is 12.8. The number of nitrogens with one attached hydrogen (secondary N) is 1. The Morgan fingerprint density at radius 3 is 2.77 bits per heavy atom. The van der Waals surface area contributed by atoms with Crippen LogP contribution < -0.4 is 5.32 Å². The fourth-order valence-electron chi connectivity index (χ4n) is 2.88. The highest BCUT2D eigenvalue weighted by molar-refractivity contribution is 5.84. The highest BCUT2D eigenvalue weighted by Gasteiger charge is 2.34. The fourth-order valence-corrected chi connectivity index (χ4v) is 2.88. The van der Waals surface area contributed by atoms with Gasteiger partial charge in [-0.1, -0.05) is 30.3 Å². The molecular weight excluding hydrogens is 284 g/mol. The van der Waals surface area contributed by atoms with Crippen LogP contribution in [0.5, 0.6) is 0 Å². The van der Waals surface area contributed by atoms with E-state index in [1.165, 1.54) is 0 Å². The van der Waals surface area contributed by atoms with Crippen molar-refractivity contribution in [3.8, 4) is 0 Å². The molecule has 1 N–H and O–H groups in total. The fraction of sp³-hybridized carbons (Fsp3) is 0.500. The Morgan fingerprint density at radius 1 is 1.23 bits per heavy atom. The summed E-state index contributed by atoms with van der Waals surface area (Å²) in [6.45, 7) is 2.16. The number of benzene rings is 1. The lowest BCUT2D eigenvalue weighted by Gasteiger charge is -2.33. The number of amides is 2. The summed E-state index contributed by atoms with van der Waals surface area (Å²) in [6, 6.07) is 9.39. The van der Waals surface area contributed by atoms with Crippen LogP contribution in [0, 0.1) is 0 Å². The van der Waals surface area contributed by atoms with Crippen LogP contribution in [0.25, 0.3) is 0 Å². The summed E-state index contributed by atoms with van der Waals surface area (Å²) >= 11 is 0. The van der Waals surface area contributed by atoms with Gasteiger partial charge in [-0.15, -0.1) is 0 Å². The van der Waals surface area contributed by atoms with E-state index < -0.39 is 6.10 Å². The van der Waals surface area contributed by atoms with Crippen molar-refractivity contribution in [2.24, 2.45) is 0 Å². The minimum absolute atomic E-state index is 0.0371. The van der Waals surface area contributed by atoms with Gasteiger partial charge in [0.1, 0.15) is 0 Å². The smallest absolute Gasteiger partial charge is 0.254 e. The summed E-state index contributed by atoms with van der Waals surface area (Å²) in [5, 5.41) is 2.83. The van der Waals surface area contributed by atoms with Crippen molar-refractivity contribution >= 4 is 11.8 Å². The van der Waals surface area contributed by atoms with Crippen molar-refractivity contribution in [3.63, 3.8) is 0 Å². The van der Waals surface area contributed by atoms with Gasteiger partial charge in [0.15, 0.2) is 6.10 Å². The molecule has 2 amide bonds. The van der Waals surface area contributed by atoms with Crippen LogP contribution in [0.1, 0.15) is 18.0 Å². The van der Waals surface area contributed by atoms with E-state index in [4.69, 9.17) is 9.47 Å². The number of carbonyl (C=O) groups is 2. The number of rotatable bonds is 2. The SMILES string of the molecule is O=C1CC(c2ccccc2)N(C(=O)C2COCCO2)CCN1. The lowest BCUT2D eigenvalue weighted by molar-refractivity contribution is -0.160. The van der Waals surface area contributed by atoms with E-state index in [-0.39, 0.29) is 30.9 Å². The molecule has 0 spiro atoms. The highest BCUT2D eigenvalue weighted by atomic mass is 16.6. The molecule has 1 aromatic rings. The molecule has 2 aliphatic rings.